The second kappa shape index (κ2) is 8.62. The van der Waals surface area contributed by atoms with Gasteiger partial charge in [0, 0.05) is 50.6 Å². The lowest BCUT2D eigenvalue weighted by atomic mass is 9.75. The van der Waals surface area contributed by atoms with Crippen LogP contribution in [0.3, 0.4) is 0 Å². The van der Waals surface area contributed by atoms with Gasteiger partial charge in [-0.25, -0.2) is 0 Å². The SMILES string of the molecule is CCOC(=O)[C@]12CCCN(Cc3cccs3)C[C@H]1CN(CCOC)C2. The predicted octanol–water partition coefficient (Wildman–Crippen LogP) is 2.47. The lowest BCUT2D eigenvalue weighted by Gasteiger charge is -2.31. The van der Waals surface area contributed by atoms with Gasteiger partial charge in [0.15, 0.2) is 0 Å². The zero-order valence-electron chi connectivity index (χ0n) is 15.4. The van der Waals surface area contributed by atoms with Crippen molar-refractivity contribution >= 4 is 17.3 Å². The molecule has 2 atom stereocenters. The van der Waals surface area contributed by atoms with Crippen molar-refractivity contribution < 1.29 is 14.3 Å². The first kappa shape index (κ1) is 18.8. The van der Waals surface area contributed by atoms with Crippen molar-refractivity contribution in [1.29, 1.82) is 0 Å². The third-order valence-corrected chi connectivity index (χ3v) is 6.46. The second-order valence-electron chi connectivity index (χ2n) is 7.22. The molecule has 25 heavy (non-hydrogen) atoms. The molecule has 0 aliphatic carbocycles. The summed E-state index contributed by atoms with van der Waals surface area (Å²) in [4.78, 5) is 19.2. The summed E-state index contributed by atoms with van der Waals surface area (Å²) in [6.07, 6.45) is 1.99. The number of likely N-dealkylation sites (tertiary alicyclic amines) is 2. The van der Waals surface area contributed by atoms with Gasteiger partial charge in [-0.1, -0.05) is 6.07 Å². The van der Waals surface area contributed by atoms with Gasteiger partial charge in [-0.05, 0) is 37.8 Å². The smallest absolute Gasteiger partial charge is 0.313 e. The van der Waals surface area contributed by atoms with Crippen LogP contribution < -0.4 is 0 Å². The molecule has 6 heteroatoms. The Morgan fingerprint density at radius 2 is 2.24 bits per heavy atom. The van der Waals surface area contributed by atoms with Gasteiger partial charge >= 0.3 is 5.97 Å². The van der Waals surface area contributed by atoms with Crippen LogP contribution in [0.15, 0.2) is 17.5 Å². The number of rotatable bonds is 7. The quantitative estimate of drug-likeness (QED) is 0.694. The molecular weight excluding hydrogens is 336 g/mol. The highest BCUT2D eigenvalue weighted by molar-refractivity contribution is 7.09. The Morgan fingerprint density at radius 3 is 2.96 bits per heavy atom. The molecule has 0 spiro atoms. The minimum Gasteiger partial charge on any atom is -0.466 e. The maximum Gasteiger partial charge on any atom is 0.313 e. The minimum absolute atomic E-state index is 0.0119. The number of hydrogen-bond acceptors (Lipinski definition) is 6. The highest BCUT2D eigenvalue weighted by atomic mass is 32.1. The highest BCUT2D eigenvalue weighted by Crippen LogP contribution is 2.44. The maximum absolute atomic E-state index is 12.9. The van der Waals surface area contributed by atoms with Gasteiger partial charge in [-0.3, -0.25) is 14.6 Å². The third kappa shape index (κ3) is 4.25. The van der Waals surface area contributed by atoms with Crippen molar-refractivity contribution in [2.75, 3.05) is 53.0 Å². The van der Waals surface area contributed by atoms with Crippen molar-refractivity contribution in [3.63, 3.8) is 0 Å². The van der Waals surface area contributed by atoms with Crippen molar-refractivity contribution in [3.8, 4) is 0 Å². The van der Waals surface area contributed by atoms with E-state index in [1.54, 1.807) is 7.11 Å². The average Bonchev–Trinajstić information content (AvgIpc) is 3.18. The summed E-state index contributed by atoms with van der Waals surface area (Å²) >= 11 is 1.81. The average molecular weight is 367 g/mol. The largest absolute Gasteiger partial charge is 0.466 e. The number of thiophene rings is 1. The molecule has 0 radical (unpaired) electrons. The Morgan fingerprint density at radius 1 is 1.40 bits per heavy atom. The Kier molecular flexibility index (Phi) is 6.49. The number of carbonyl (C=O) groups excluding carboxylic acids is 1. The summed E-state index contributed by atoms with van der Waals surface area (Å²) in [5.74, 6) is 0.351. The van der Waals surface area contributed by atoms with Crippen LogP contribution in [0.25, 0.3) is 0 Å². The summed E-state index contributed by atoms with van der Waals surface area (Å²) in [6, 6.07) is 4.32. The van der Waals surface area contributed by atoms with E-state index in [0.717, 1.165) is 52.1 Å². The molecule has 0 unspecified atom stereocenters. The first-order valence-corrected chi connectivity index (χ1v) is 10.2. The first-order chi connectivity index (χ1) is 12.2. The van der Waals surface area contributed by atoms with E-state index in [1.165, 1.54) is 4.88 Å². The number of carbonyl (C=O) groups is 1. The highest BCUT2D eigenvalue weighted by Gasteiger charge is 2.53. The van der Waals surface area contributed by atoms with E-state index >= 15 is 0 Å². The van der Waals surface area contributed by atoms with Crippen molar-refractivity contribution in [3.05, 3.63) is 22.4 Å². The van der Waals surface area contributed by atoms with Gasteiger partial charge in [0.25, 0.3) is 0 Å². The van der Waals surface area contributed by atoms with Crippen molar-refractivity contribution in [2.24, 2.45) is 11.3 Å². The molecule has 0 aromatic carbocycles. The van der Waals surface area contributed by atoms with E-state index in [1.807, 2.05) is 18.3 Å². The number of hydrogen-bond donors (Lipinski definition) is 0. The van der Waals surface area contributed by atoms with E-state index < -0.39 is 0 Å². The summed E-state index contributed by atoms with van der Waals surface area (Å²) in [6.45, 7) is 8.77. The Labute approximate surface area is 154 Å². The van der Waals surface area contributed by atoms with Crippen LogP contribution in [-0.4, -0.2) is 68.8 Å². The van der Waals surface area contributed by atoms with Gasteiger partial charge in [-0.15, -0.1) is 11.3 Å². The molecule has 2 fully saturated rings. The summed E-state index contributed by atoms with van der Waals surface area (Å²) in [7, 11) is 1.73. The number of nitrogens with zero attached hydrogens (tertiary/aromatic N) is 2. The van der Waals surface area contributed by atoms with Gasteiger partial charge < -0.3 is 9.47 Å². The Balaban J connectivity index is 1.74. The predicted molar refractivity (Wildman–Crippen MR) is 99.7 cm³/mol. The molecule has 5 nitrogen and oxygen atoms in total. The first-order valence-electron chi connectivity index (χ1n) is 9.31. The van der Waals surface area contributed by atoms with Gasteiger partial charge in [0.2, 0.25) is 0 Å². The van der Waals surface area contributed by atoms with Crippen LogP contribution in [0.4, 0.5) is 0 Å². The van der Waals surface area contributed by atoms with Crippen LogP contribution >= 0.6 is 11.3 Å². The summed E-state index contributed by atoms with van der Waals surface area (Å²) in [5.41, 5.74) is -0.339. The Hall–Kier alpha value is -0.950. The topological polar surface area (TPSA) is 42.0 Å². The van der Waals surface area contributed by atoms with Crippen LogP contribution in [0.2, 0.25) is 0 Å². The zero-order valence-corrected chi connectivity index (χ0v) is 16.2. The van der Waals surface area contributed by atoms with Crippen molar-refractivity contribution in [2.45, 2.75) is 26.3 Å². The fourth-order valence-corrected chi connectivity index (χ4v) is 5.13. The third-order valence-electron chi connectivity index (χ3n) is 5.59. The lowest BCUT2D eigenvalue weighted by molar-refractivity contribution is -0.157. The standard InChI is InChI=1S/C19H30N2O3S/c1-3-24-18(22)19-7-5-8-20(14-17-6-4-11-25-17)12-16(19)13-21(15-19)9-10-23-2/h4,6,11,16H,3,5,7-10,12-15H2,1-2H3/t16-,19-/m0/s1. The van der Waals surface area contributed by atoms with Crippen LogP contribution in [0.5, 0.6) is 0 Å². The summed E-state index contributed by atoms with van der Waals surface area (Å²) < 4.78 is 10.8. The normalized spacial score (nSPS) is 27.8. The summed E-state index contributed by atoms with van der Waals surface area (Å²) in [5, 5.41) is 2.14. The zero-order chi connectivity index (χ0) is 17.7. The molecule has 3 rings (SSSR count). The number of ether oxygens (including phenoxy) is 2. The number of methoxy groups -OCH3 is 1. The van der Waals surface area contributed by atoms with E-state index in [9.17, 15) is 4.79 Å². The van der Waals surface area contributed by atoms with E-state index in [0.29, 0.717) is 19.1 Å². The Bertz CT molecular complexity index is 551. The minimum atomic E-state index is -0.339. The fourth-order valence-electron chi connectivity index (χ4n) is 4.38. The lowest BCUT2D eigenvalue weighted by Crippen LogP contribution is -2.42. The molecule has 1 aromatic heterocycles. The van der Waals surface area contributed by atoms with E-state index in [2.05, 4.69) is 27.3 Å². The van der Waals surface area contributed by atoms with Crippen molar-refractivity contribution in [1.82, 2.24) is 9.80 Å². The van der Waals surface area contributed by atoms with Gasteiger partial charge in [-0.2, -0.15) is 0 Å². The van der Waals surface area contributed by atoms with Crippen LogP contribution in [0.1, 0.15) is 24.6 Å². The molecule has 0 N–H and O–H groups in total. The molecule has 1 aromatic rings. The molecule has 0 saturated carbocycles. The second-order valence-corrected chi connectivity index (χ2v) is 8.25. The number of esters is 1. The van der Waals surface area contributed by atoms with Crippen LogP contribution in [0, 0.1) is 11.3 Å². The molecule has 0 amide bonds. The van der Waals surface area contributed by atoms with Gasteiger partial charge in [0.05, 0.1) is 18.6 Å². The maximum atomic E-state index is 12.9. The van der Waals surface area contributed by atoms with E-state index in [-0.39, 0.29) is 11.4 Å². The molecular formula is C19H30N2O3S. The number of fused-ring (bicyclic) bond motifs is 1. The molecule has 140 valence electrons. The fraction of sp³-hybridized carbons (Fsp3) is 0.737. The molecule has 0 bridgehead atoms. The molecule has 2 aliphatic heterocycles. The molecule has 3 heterocycles. The van der Waals surface area contributed by atoms with E-state index in [4.69, 9.17) is 9.47 Å². The van der Waals surface area contributed by atoms with Crippen LogP contribution in [-0.2, 0) is 20.8 Å². The monoisotopic (exact) mass is 366 g/mol. The van der Waals surface area contributed by atoms with Gasteiger partial charge in [0.1, 0.15) is 0 Å². The molecule has 2 aliphatic rings. The molecule has 2 saturated heterocycles.